The molecule has 3 aromatic heterocycles. The molecule has 4 heterocycles. The molecule has 5 aromatic rings. The zero-order valence-electron chi connectivity index (χ0n) is 23.4. The third-order valence-corrected chi connectivity index (χ3v) is 7.11. The number of H-pyrrole nitrogens is 1. The number of hydrogen-bond acceptors (Lipinski definition) is 8. The minimum absolute atomic E-state index is 0. The zero-order chi connectivity index (χ0) is 28.7. The molecule has 12 heteroatoms. The fraction of sp³-hybridized carbons (Fsp3) is 0.300. The molecule has 220 valence electrons. The van der Waals surface area contributed by atoms with Gasteiger partial charge in [-0.3, -0.25) is 15.0 Å². The number of phenols is 1. The molecule has 4 N–H and O–H groups in total. The van der Waals surface area contributed by atoms with E-state index >= 15 is 0 Å². The summed E-state index contributed by atoms with van der Waals surface area (Å²) in [5.41, 5.74) is 2.66. The van der Waals surface area contributed by atoms with Gasteiger partial charge in [-0.05, 0) is 42.5 Å². The van der Waals surface area contributed by atoms with Gasteiger partial charge in [-0.2, -0.15) is 0 Å². The van der Waals surface area contributed by atoms with E-state index in [1.54, 1.807) is 48.5 Å². The van der Waals surface area contributed by atoms with Crippen molar-refractivity contribution in [3.8, 4) is 5.75 Å². The third kappa shape index (κ3) is 5.98. The maximum Gasteiger partial charge on any atom is 0.324 e. The normalized spacial score (nSPS) is 14.2. The number of carbonyl (C=O) groups is 2. The second-order valence-corrected chi connectivity index (χ2v) is 11.2. The van der Waals surface area contributed by atoms with Gasteiger partial charge in [0.25, 0.3) is 0 Å². The van der Waals surface area contributed by atoms with Crippen molar-refractivity contribution >= 4 is 57.6 Å². The molecule has 6 rings (SSSR count). The van der Waals surface area contributed by atoms with Gasteiger partial charge in [-0.15, -0.1) is 12.4 Å². The predicted molar refractivity (Wildman–Crippen MR) is 161 cm³/mol. The molecule has 1 saturated heterocycles. The summed E-state index contributed by atoms with van der Waals surface area (Å²) in [6, 6.07) is 13.1. The highest BCUT2D eigenvalue weighted by Gasteiger charge is 2.22. The number of benzene rings is 2. The highest BCUT2D eigenvalue weighted by Crippen LogP contribution is 2.31. The molecule has 1 fully saturated rings. The number of fused-ring (bicyclic) bond motifs is 2. The molecule has 11 nitrogen and oxygen atoms in total. The van der Waals surface area contributed by atoms with Crippen LogP contribution in [0.4, 0.5) is 16.3 Å². The van der Waals surface area contributed by atoms with Crippen LogP contribution in [0, 0.1) is 0 Å². The van der Waals surface area contributed by atoms with E-state index in [-0.39, 0.29) is 35.1 Å². The maximum atomic E-state index is 13.4. The second kappa shape index (κ2) is 11.5. The molecule has 0 bridgehead atoms. The molecular weight excluding hydrogens is 562 g/mol. The number of aromatic amines is 1. The Hall–Kier alpha value is -4.32. The molecule has 0 unspecified atom stereocenters. The number of amides is 2. The minimum atomic E-state index is -0.480. The van der Waals surface area contributed by atoms with Gasteiger partial charge in [-0.1, -0.05) is 25.9 Å². The highest BCUT2D eigenvalue weighted by atomic mass is 35.5. The lowest BCUT2D eigenvalue weighted by Crippen LogP contribution is -2.35. The summed E-state index contributed by atoms with van der Waals surface area (Å²) in [6.07, 6.45) is 0. The molecule has 42 heavy (non-hydrogen) atoms. The first-order valence-electron chi connectivity index (χ1n) is 13.4. The van der Waals surface area contributed by atoms with Crippen LogP contribution in [-0.2, 0) is 16.7 Å². The van der Waals surface area contributed by atoms with Crippen LogP contribution < -0.4 is 10.6 Å². The van der Waals surface area contributed by atoms with Crippen molar-refractivity contribution in [2.45, 2.75) is 32.7 Å². The number of aromatic hydroxyl groups is 1. The number of anilines is 2. The summed E-state index contributed by atoms with van der Waals surface area (Å²) in [6.45, 7) is 9.39. The molecule has 1 aliphatic rings. The Labute approximate surface area is 247 Å². The Balaban J connectivity index is 0.00000353. The van der Waals surface area contributed by atoms with Gasteiger partial charge in [0.2, 0.25) is 5.78 Å². The van der Waals surface area contributed by atoms with Crippen LogP contribution in [0.5, 0.6) is 5.75 Å². The fourth-order valence-corrected chi connectivity index (χ4v) is 4.86. The number of hydrogen-bond donors (Lipinski definition) is 4. The molecule has 0 aliphatic carbocycles. The van der Waals surface area contributed by atoms with Crippen molar-refractivity contribution in [2.24, 2.45) is 0 Å². The summed E-state index contributed by atoms with van der Waals surface area (Å²) in [4.78, 5) is 31.3. The van der Waals surface area contributed by atoms with Gasteiger partial charge in [-0.25, -0.2) is 4.79 Å². The van der Waals surface area contributed by atoms with Crippen LogP contribution >= 0.6 is 12.4 Å². The van der Waals surface area contributed by atoms with Crippen molar-refractivity contribution < 1.29 is 28.4 Å². The first-order chi connectivity index (χ1) is 19.6. The Bertz CT molecular complexity index is 1760. The monoisotopic (exact) mass is 593 g/mol. The molecule has 0 saturated carbocycles. The van der Waals surface area contributed by atoms with Crippen molar-refractivity contribution in [1.82, 2.24) is 15.0 Å². The topological polar surface area (TPSA) is 146 Å². The molecule has 1 aliphatic heterocycles. The third-order valence-electron chi connectivity index (χ3n) is 7.11. The van der Waals surface area contributed by atoms with Gasteiger partial charge in [0, 0.05) is 58.7 Å². The van der Waals surface area contributed by atoms with Crippen molar-refractivity contribution in [3.05, 3.63) is 71.3 Å². The number of urea groups is 1. The Morgan fingerprint density at radius 3 is 2.57 bits per heavy atom. The van der Waals surface area contributed by atoms with Crippen LogP contribution in [0.25, 0.3) is 21.9 Å². The molecule has 2 amide bonds. The molecule has 2 aromatic carbocycles. The van der Waals surface area contributed by atoms with Gasteiger partial charge in [0.05, 0.1) is 18.9 Å². The number of nitrogens with one attached hydrogen (secondary N) is 3. The van der Waals surface area contributed by atoms with Crippen LogP contribution in [0.15, 0.2) is 57.5 Å². The SMILES string of the molecule is CC(C)(C)c1cc(NC(=O)Nc2ccc3oc(C(=O)c4cc5c(CN6CCOCC6)c(O)ccc5[nH]4)cc3c2)no1.Cl. The summed E-state index contributed by atoms with van der Waals surface area (Å²) in [5, 5.41) is 21.3. The fourth-order valence-electron chi connectivity index (χ4n) is 4.86. The van der Waals surface area contributed by atoms with E-state index in [0.717, 1.165) is 29.6 Å². The molecule has 0 atom stereocenters. The van der Waals surface area contributed by atoms with Crippen molar-refractivity contribution in [1.29, 1.82) is 0 Å². The van der Waals surface area contributed by atoms with Crippen LogP contribution in [0.1, 0.15) is 48.3 Å². The zero-order valence-corrected chi connectivity index (χ0v) is 24.3. The summed E-state index contributed by atoms with van der Waals surface area (Å²) in [5.74, 6) is 0.994. The second-order valence-electron chi connectivity index (χ2n) is 11.2. The van der Waals surface area contributed by atoms with Crippen LogP contribution in [0.3, 0.4) is 0 Å². The van der Waals surface area contributed by atoms with E-state index in [9.17, 15) is 14.7 Å². The first kappa shape index (κ1) is 29.2. The van der Waals surface area contributed by atoms with Gasteiger partial charge in [0.15, 0.2) is 11.6 Å². The van der Waals surface area contributed by atoms with E-state index in [1.807, 2.05) is 20.8 Å². The van der Waals surface area contributed by atoms with Gasteiger partial charge < -0.3 is 29.1 Å². The standard InChI is InChI=1S/C30H31N5O6.ClH/c1-30(2,3)26-15-27(34-41-26)33-29(38)31-18-4-7-24-17(12-18)13-25(40-24)28(37)22-14-19-20(16-35-8-10-39-11-9-35)23(36)6-5-21(19)32-22;/h4-7,12-15,32,36H,8-11,16H2,1-3H3,(H2,31,33,34,38);1H. The maximum absolute atomic E-state index is 13.4. The molecule has 0 radical (unpaired) electrons. The van der Waals surface area contributed by atoms with E-state index in [1.165, 1.54) is 0 Å². The van der Waals surface area contributed by atoms with Gasteiger partial charge >= 0.3 is 6.03 Å². The summed E-state index contributed by atoms with van der Waals surface area (Å²) < 4.78 is 16.6. The quantitative estimate of drug-likeness (QED) is 0.174. The highest BCUT2D eigenvalue weighted by molar-refractivity contribution is 6.10. The largest absolute Gasteiger partial charge is 0.508 e. The number of carbonyl (C=O) groups excluding carboxylic acids is 2. The van der Waals surface area contributed by atoms with Crippen LogP contribution in [0.2, 0.25) is 0 Å². The lowest BCUT2D eigenvalue weighted by Gasteiger charge is -2.27. The smallest absolute Gasteiger partial charge is 0.324 e. The number of furan rings is 1. The number of halogens is 1. The van der Waals surface area contributed by atoms with E-state index in [2.05, 4.69) is 25.7 Å². The van der Waals surface area contributed by atoms with E-state index in [0.29, 0.717) is 53.7 Å². The number of aromatic nitrogens is 2. The Kier molecular flexibility index (Phi) is 8.00. The van der Waals surface area contributed by atoms with E-state index < -0.39 is 6.03 Å². The lowest BCUT2D eigenvalue weighted by molar-refractivity contribution is 0.0341. The number of rotatable bonds is 6. The molecular formula is C30H32ClN5O6. The lowest BCUT2D eigenvalue weighted by atomic mass is 9.93. The van der Waals surface area contributed by atoms with Gasteiger partial charge in [0.1, 0.15) is 17.1 Å². The summed E-state index contributed by atoms with van der Waals surface area (Å²) >= 11 is 0. The minimum Gasteiger partial charge on any atom is -0.508 e. The number of phenolic OH excluding ortho intramolecular Hbond substituents is 1. The van der Waals surface area contributed by atoms with Crippen molar-refractivity contribution in [2.75, 3.05) is 36.9 Å². The Morgan fingerprint density at radius 2 is 1.83 bits per heavy atom. The van der Waals surface area contributed by atoms with E-state index in [4.69, 9.17) is 13.7 Å². The van der Waals surface area contributed by atoms with Crippen LogP contribution in [-0.4, -0.2) is 58.3 Å². The predicted octanol–water partition coefficient (Wildman–Crippen LogP) is 6.03. The van der Waals surface area contributed by atoms with Crippen molar-refractivity contribution in [3.63, 3.8) is 0 Å². The number of ether oxygens (including phenoxy) is 1. The summed E-state index contributed by atoms with van der Waals surface area (Å²) in [7, 11) is 0. The average molecular weight is 594 g/mol. The number of morpholine rings is 1. The number of nitrogens with zero attached hydrogens (tertiary/aromatic N) is 2. The molecule has 0 spiro atoms. The Morgan fingerprint density at radius 1 is 1.05 bits per heavy atom. The number of ketones is 1. The average Bonchev–Trinajstić information content (AvgIpc) is 3.68. The first-order valence-corrected chi connectivity index (χ1v) is 13.4.